The molecule has 1 aliphatic carbocycles. The van der Waals surface area contributed by atoms with Gasteiger partial charge in [-0.25, -0.2) is 0 Å². The molecule has 0 radical (unpaired) electrons. The van der Waals surface area contributed by atoms with E-state index in [0.717, 1.165) is 31.6 Å². The SMILES string of the molecule is COc1cc(P(C)(C)=O)ccc1NCC#Cc1cc2c(N[C@]34CCN(C)C[C@H]3C4)cccn2c1SC(F)(F)F. The first-order valence-electron chi connectivity index (χ1n) is 12.7. The highest BCUT2D eigenvalue weighted by atomic mass is 32.2. The average Bonchev–Trinajstić information content (AvgIpc) is 3.45. The molecule has 2 N–H and O–H groups in total. The van der Waals surface area contributed by atoms with Gasteiger partial charge in [0.1, 0.15) is 17.9 Å². The molecule has 1 saturated heterocycles. The maximum absolute atomic E-state index is 13.5. The number of nitrogens with one attached hydrogen (secondary N) is 2. The summed E-state index contributed by atoms with van der Waals surface area (Å²) in [5.74, 6) is 7.00. The number of hydrogen-bond donors (Lipinski definition) is 2. The summed E-state index contributed by atoms with van der Waals surface area (Å²) < 4.78 is 60.1. The first-order chi connectivity index (χ1) is 18.4. The lowest BCUT2D eigenvalue weighted by atomic mass is 10.0. The van der Waals surface area contributed by atoms with E-state index in [1.807, 2.05) is 6.07 Å². The first kappa shape index (κ1) is 27.8. The molecule has 1 aromatic carbocycles. The summed E-state index contributed by atoms with van der Waals surface area (Å²) in [7, 11) is 1.20. The lowest BCUT2D eigenvalue weighted by Crippen LogP contribution is -2.38. The second-order valence-corrected chi connectivity index (χ2v) is 14.9. The van der Waals surface area contributed by atoms with Crippen molar-refractivity contribution in [2.45, 2.75) is 28.9 Å². The van der Waals surface area contributed by atoms with Gasteiger partial charge in [0.15, 0.2) is 0 Å². The van der Waals surface area contributed by atoms with Gasteiger partial charge < -0.3 is 29.2 Å². The summed E-state index contributed by atoms with van der Waals surface area (Å²) in [6.07, 6.45) is 3.73. The number of rotatable bonds is 7. The van der Waals surface area contributed by atoms with Crippen molar-refractivity contribution in [1.82, 2.24) is 9.30 Å². The van der Waals surface area contributed by atoms with E-state index in [0.29, 0.717) is 33.7 Å². The second-order valence-electron chi connectivity index (χ2n) is 10.7. The summed E-state index contributed by atoms with van der Waals surface area (Å²) in [4.78, 5) is 2.32. The molecule has 6 nitrogen and oxygen atoms in total. The van der Waals surface area contributed by atoms with Crippen LogP contribution >= 0.6 is 18.9 Å². The monoisotopic (exact) mass is 576 g/mol. The molecule has 2 aromatic heterocycles. The van der Waals surface area contributed by atoms with Crippen LogP contribution in [-0.4, -0.2) is 67.5 Å². The number of piperidine rings is 1. The molecule has 0 amide bonds. The standard InChI is InChI=1S/C28H32F3N4O2PS/c1-34-14-11-27(17-20(27)18-34)33-22-8-6-13-35-24(22)15-19(26(35)39-28(29,30)31)7-5-12-32-23-10-9-21(38(3,4)36)16-25(23)37-2/h6,8-10,13,15-16,20,32-33H,11-12,14,17-18H2,1-4H3/t20-,27+/m1/s1. The third kappa shape index (κ3) is 6.06. The third-order valence-corrected chi connectivity index (χ3v) is 9.82. The van der Waals surface area contributed by atoms with Crippen LogP contribution in [0.15, 0.2) is 47.6 Å². The summed E-state index contributed by atoms with van der Waals surface area (Å²) >= 11 is -0.148. The number of halogens is 3. The van der Waals surface area contributed by atoms with E-state index in [1.54, 1.807) is 54.3 Å². The molecule has 2 aliphatic rings. The minimum absolute atomic E-state index is 0.0175. The van der Waals surface area contributed by atoms with Gasteiger partial charge in [-0.1, -0.05) is 11.8 Å². The van der Waals surface area contributed by atoms with Gasteiger partial charge in [-0.2, -0.15) is 13.2 Å². The van der Waals surface area contributed by atoms with Crippen LogP contribution in [0.4, 0.5) is 24.5 Å². The number of alkyl halides is 3. The zero-order valence-corrected chi connectivity index (χ0v) is 24.1. The van der Waals surface area contributed by atoms with Gasteiger partial charge in [0.2, 0.25) is 0 Å². The number of thioether (sulfide) groups is 1. The number of anilines is 2. The predicted octanol–water partition coefficient (Wildman–Crippen LogP) is 5.78. The van der Waals surface area contributed by atoms with E-state index in [4.69, 9.17) is 4.74 Å². The van der Waals surface area contributed by atoms with Crippen molar-refractivity contribution in [3.05, 3.63) is 48.2 Å². The number of nitrogens with zero attached hydrogens (tertiary/aromatic N) is 2. The summed E-state index contributed by atoms with van der Waals surface area (Å²) in [6, 6.07) is 10.7. The van der Waals surface area contributed by atoms with Crippen LogP contribution in [0, 0.1) is 17.8 Å². The van der Waals surface area contributed by atoms with Crippen molar-refractivity contribution >= 4 is 41.1 Å². The fourth-order valence-corrected chi connectivity index (χ4v) is 6.85. The van der Waals surface area contributed by atoms with Crippen LogP contribution in [-0.2, 0) is 4.57 Å². The lowest BCUT2D eigenvalue weighted by Gasteiger charge is -2.30. The van der Waals surface area contributed by atoms with E-state index in [9.17, 15) is 17.7 Å². The van der Waals surface area contributed by atoms with Crippen LogP contribution in [0.3, 0.4) is 0 Å². The van der Waals surface area contributed by atoms with Gasteiger partial charge in [0.05, 0.1) is 36.1 Å². The number of fused-ring (bicyclic) bond motifs is 2. The van der Waals surface area contributed by atoms with Crippen LogP contribution < -0.4 is 20.7 Å². The van der Waals surface area contributed by atoms with E-state index in [1.165, 1.54) is 7.11 Å². The molecule has 5 rings (SSSR count). The Balaban J connectivity index is 1.40. The Morgan fingerprint density at radius 3 is 2.72 bits per heavy atom. The fourth-order valence-electron chi connectivity index (χ4n) is 5.29. The molecule has 0 unspecified atom stereocenters. The molecule has 1 aliphatic heterocycles. The number of hydrogen-bond acceptors (Lipinski definition) is 6. The fraction of sp³-hybridized carbons (Fsp3) is 0.429. The molecule has 208 valence electrons. The van der Waals surface area contributed by atoms with E-state index in [-0.39, 0.29) is 28.9 Å². The molecule has 1 saturated carbocycles. The largest absolute Gasteiger partial charge is 0.495 e. The van der Waals surface area contributed by atoms with Gasteiger partial charge in [0, 0.05) is 41.9 Å². The third-order valence-electron chi connectivity index (χ3n) is 7.46. The van der Waals surface area contributed by atoms with Gasteiger partial charge in [-0.15, -0.1) is 0 Å². The molecule has 3 aromatic rings. The van der Waals surface area contributed by atoms with E-state index >= 15 is 0 Å². The summed E-state index contributed by atoms with van der Waals surface area (Å²) in [5, 5.41) is 7.58. The Morgan fingerprint density at radius 2 is 2.03 bits per heavy atom. The van der Waals surface area contributed by atoms with Crippen molar-refractivity contribution in [3.8, 4) is 17.6 Å². The zero-order chi connectivity index (χ0) is 28.0. The van der Waals surface area contributed by atoms with Crippen LogP contribution in [0.2, 0.25) is 0 Å². The van der Waals surface area contributed by atoms with Crippen molar-refractivity contribution < 1.29 is 22.5 Å². The number of pyridine rings is 1. The molecule has 3 heterocycles. The topological polar surface area (TPSA) is 58.0 Å². The summed E-state index contributed by atoms with van der Waals surface area (Å²) in [6.45, 7) is 5.60. The number of benzene rings is 1. The van der Waals surface area contributed by atoms with E-state index < -0.39 is 12.7 Å². The minimum atomic E-state index is -4.45. The molecule has 0 spiro atoms. The Hall–Kier alpha value is -2.73. The Kier molecular flexibility index (Phi) is 7.38. The molecule has 2 atom stereocenters. The van der Waals surface area contributed by atoms with Crippen LogP contribution in [0.5, 0.6) is 5.75 Å². The Labute approximate surface area is 231 Å². The zero-order valence-electron chi connectivity index (χ0n) is 22.4. The van der Waals surface area contributed by atoms with Crippen molar-refractivity contribution in [3.63, 3.8) is 0 Å². The van der Waals surface area contributed by atoms with Crippen LogP contribution in [0.1, 0.15) is 18.4 Å². The minimum Gasteiger partial charge on any atom is -0.495 e. The number of methoxy groups -OCH3 is 1. The number of ether oxygens (including phenoxy) is 1. The van der Waals surface area contributed by atoms with Crippen molar-refractivity contribution in [1.29, 1.82) is 0 Å². The molecule has 0 bridgehead atoms. The highest BCUT2D eigenvalue weighted by molar-refractivity contribution is 8.00. The molecule has 11 heteroatoms. The smallest absolute Gasteiger partial charge is 0.447 e. The molecular weight excluding hydrogens is 544 g/mol. The van der Waals surface area contributed by atoms with Crippen LogP contribution in [0.25, 0.3) is 5.52 Å². The first-order valence-corrected chi connectivity index (χ1v) is 16.1. The van der Waals surface area contributed by atoms with Gasteiger partial charge in [0.25, 0.3) is 0 Å². The van der Waals surface area contributed by atoms with Gasteiger partial charge in [-0.05, 0) is 75.5 Å². The quantitative estimate of drug-likeness (QED) is 0.211. The second kappa shape index (κ2) is 10.3. The number of likely N-dealkylation sites (tertiary alicyclic amines) is 1. The van der Waals surface area contributed by atoms with Gasteiger partial charge in [-0.3, -0.25) is 0 Å². The van der Waals surface area contributed by atoms with E-state index in [2.05, 4.69) is 34.4 Å². The Morgan fingerprint density at radius 1 is 1.23 bits per heavy atom. The average molecular weight is 577 g/mol. The highest BCUT2D eigenvalue weighted by Crippen LogP contribution is 2.52. The predicted molar refractivity (Wildman–Crippen MR) is 153 cm³/mol. The van der Waals surface area contributed by atoms with Crippen molar-refractivity contribution in [2.24, 2.45) is 5.92 Å². The molecule has 2 fully saturated rings. The Bertz CT molecular complexity index is 1510. The molecule has 39 heavy (non-hydrogen) atoms. The number of aromatic nitrogens is 1. The summed E-state index contributed by atoms with van der Waals surface area (Å²) in [5.41, 5.74) is -1.94. The van der Waals surface area contributed by atoms with Crippen molar-refractivity contribution in [2.75, 3.05) is 57.8 Å². The lowest BCUT2D eigenvalue weighted by molar-refractivity contribution is -0.0329. The maximum atomic E-state index is 13.5. The maximum Gasteiger partial charge on any atom is 0.447 e. The normalized spacial score (nSPS) is 21.2. The highest BCUT2D eigenvalue weighted by Gasteiger charge is 2.56. The molecular formula is C28H32F3N4O2PS. The van der Waals surface area contributed by atoms with Gasteiger partial charge >= 0.3 is 5.51 Å².